The molecule has 4 heterocycles. The molecule has 0 radical (unpaired) electrons. The summed E-state index contributed by atoms with van der Waals surface area (Å²) in [5, 5.41) is 7.04. The number of aromatic nitrogens is 3. The Balaban J connectivity index is 1.22. The van der Waals surface area contributed by atoms with E-state index >= 15 is 0 Å². The first kappa shape index (κ1) is 22.0. The molecule has 0 saturated carbocycles. The fraction of sp³-hybridized carbons (Fsp3) is 0. The highest BCUT2D eigenvalue weighted by molar-refractivity contribution is 6.17. The summed E-state index contributed by atoms with van der Waals surface area (Å²) in [5.41, 5.74) is 11.0. The van der Waals surface area contributed by atoms with E-state index in [0.717, 1.165) is 55.4 Å². The molecule has 42 heavy (non-hydrogen) atoms. The van der Waals surface area contributed by atoms with Gasteiger partial charge in [0.05, 0.1) is 16.7 Å². The largest absolute Gasteiger partial charge is 0.456 e. The summed E-state index contributed by atoms with van der Waals surface area (Å²) in [7, 11) is 0. The number of pyridine rings is 2. The van der Waals surface area contributed by atoms with E-state index in [9.17, 15) is 0 Å². The standard InChI is InChI=1S/C38H21N3O/c1-3-12-32-24(7-1)29-19-22(23-15-17-35-30(20-23)25-8-2-4-13-34(25)42-35)14-16-33(29)41(32)38-28-10-5-9-26-27-11-6-18-39-37(27)31(21-40-38)36(26)28/h1-21H. The second-order valence-electron chi connectivity index (χ2n) is 11.0. The monoisotopic (exact) mass is 535 g/mol. The van der Waals surface area contributed by atoms with Crippen LogP contribution in [0.15, 0.2) is 132 Å². The minimum Gasteiger partial charge on any atom is -0.456 e. The third kappa shape index (κ3) is 2.80. The van der Waals surface area contributed by atoms with Gasteiger partial charge in [0.15, 0.2) is 0 Å². The molecule has 4 heteroatoms. The lowest BCUT2D eigenvalue weighted by molar-refractivity contribution is 0.669. The minimum atomic E-state index is 0.910. The van der Waals surface area contributed by atoms with Crippen LogP contribution >= 0.6 is 0 Å². The average molecular weight is 536 g/mol. The molecule has 5 aromatic carbocycles. The smallest absolute Gasteiger partial charge is 0.145 e. The molecule has 0 spiro atoms. The van der Waals surface area contributed by atoms with Gasteiger partial charge in [0.1, 0.15) is 17.0 Å². The zero-order valence-corrected chi connectivity index (χ0v) is 22.4. The van der Waals surface area contributed by atoms with Crippen LogP contribution in [0.1, 0.15) is 0 Å². The van der Waals surface area contributed by atoms with E-state index in [1.165, 1.54) is 38.4 Å². The minimum absolute atomic E-state index is 0.910. The van der Waals surface area contributed by atoms with Gasteiger partial charge >= 0.3 is 0 Å². The number of furan rings is 1. The van der Waals surface area contributed by atoms with Gasteiger partial charge in [-0.1, -0.05) is 72.8 Å². The van der Waals surface area contributed by atoms with Crippen molar-refractivity contribution in [1.82, 2.24) is 14.5 Å². The number of hydrogen-bond donors (Lipinski definition) is 0. The molecule has 4 aromatic heterocycles. The maximum absolute atomic E-state index is 6.09. The van der Waals surface area contributed by atoms with E-state index in [1.807, 2.05) is 30.6 Å². The van der Waals surface area contributed by atoms with Crippen molar-refractivity contribution in [2.75, 3.05) is 0 Å². The van der Waals surface area contributed by atoms with Crippen LogP contribution in [0.3, 0.4) is 0 Å². The molecule has 0 saturated heterocycles. The fourth-order valence-corrected chi connectivity index (χ4v) is 6.99. The van der Waals surface area contributed by atoms with Crippen molar-refractivity contribution in [2.24, 2.45) is 0 Å². The highest BCUT2D eigenvalue weighted by Crippen LogP contribution is 2.47. The molecule has 9 aromatic rings. The molecule has 194 valence electrons. The van der Waals surface area contributed by atoms with Gasteiger partial charge in [-0.3, -0.25) is 9.55 Å². The highest BCUT2D eigenvalue weighted by Gasteiger charge is 2.25. The Hall–Kier alpha value is -5.74. The summed E-state index contributed by atoms with van der Waals surface area (Å²) in [4.78, 5) is 9.81. The number of rotatable bonds is 2. The first-order valence-corrected chi connectivity index (χ1v) is 14.2. The maximum Gasteiger partial charge on any atom is 0.145 e. The number of benzene rings is 5. The molecule has 10 rings (SSSR count). The van der Waals surface area contributed by atoms with Crippen LogP contribution in [-0.2, 0) is 0 Å². The molecular weight excluding hydrogens is 514 g/mol. The molecule has 0 N–H and O–H groups in total. The van der Waals surface area contributed by atoms with Crippen LogP contribution in [0.4, 0.5) is 0 Å². The van der Waals surface area contributed by atoms with Gasteiger partial charge in [-0.2, -0.15) is 0 Å². The van der Waals surface area contributed by atoms with Crippen molar-refractivity contribution in [1.29, 1.82) is 0 Å². The Morgan fingerprint density at radius 2 is 1.24 bits per heavy atom. The predicted molar refractivity (Wildman–Crippen MR) is 171 cm³/mol. The Kier molecular flexibility index (Phi) is 4.15. The molecule has 0 unspecified atom stereocenters. The van der Waals surface area contributed by atoms with Crippen LogP contribution < -0.4 is 0 Å². The summed E-state index contributed by atoms with van der Waals surface area (Å²) < 4.78 is 8.41. The van der Waals surface area contributed by atoms with Crippen LogP contribution in [0.2, 0.25) is 0 Å². The first-order valence-electron chi connectivity index (χ1n) is 14.2. The van der Waals surface area contributed by atoms with Crippen LogP contribution in [0.25, 0.3) is 93.8 Å². The molecule has 0 amide bonds. The predicted octanol–water partition coefficient (Wildman–Crippen LogP) is 9.94. The molecule has 0 aliphatic heterocycles. The Morgan fingerprint density at radius 1 is 0.500 bits per heavy atom. The number of para-hydroxylation sites is 2. The molecule has 4 nitrogen and oxygen atoms in total. The first-order chi connectivity index (χ1) is 20.8. The van der Waals surface area contributed by atoms with Crippen LogP contribution in [-0.4, -0.2) is 14.5 Å². The van der Waals surface area contributed by atoms with Crippen LogP contribution in [0.5, 0.6) is 0 Å². The third-order valence-electron chi connectivity index (χ3n) is 8.84. The lowest BCUT2D eigenvalue weighted by Crippen LogP contribution is -1.99. The lowest BCUT2D eigenvalue weighted by atomic mass is 10.0. The topological polar surface area (TPSA) is 43.9 Å². The van der Waals surface area contributed by atoms with Crippen molar-refractivity contribution in [2.45, 2.75) is 0 Å². The third-order valence-corrected chi connectivity index (χ3v) is 8.84. The van der Waals surface area contributed by atoms with Gasteiger partial charge in [-0.25, -0.2) is 4.98 Å². The van der Waals surface area contributed by atoms with E-state index in [1.54, 1.807) is 0 Å². The SMILES string of the molecule is c1cnc2c(c1)-c1cccc3c(-n4c5ccccc5c5cc(-c6ccc7oc8ccccc8c7c6)ccc54)ncc-2c13. The summed E-state index contributed by atoms with van der Waals surface area (Å²) in [5.74, 6) is 0.939. The number of fused-ring (bicyclic) bond motifs is 9. The highest BCUT2D eigenvalue weighted by atomic mass is 16.3. The van der Waals surface area contributed by atoms with E-state index < -0.39 is 0 Å². The van der Waals surface area contributed by atoms with Crippen molar-refractivity contribution >= 4 is 54.5 Å². The summed E-state index contributed by atoms with van der Waals surface area (Å²) in [6.45, 7) is 0. The number of hydrogen-bond acceptors (Lipinski definition) is 3. The molecular formula is C38H21N3O. The molecule has 0 atom stereocenters. The van der Waals surface area contributed by atoms with E-state index in [4.69, 9.17) is 14.4 Å². The van der Waals surface area contributed by atoms with Gasteiger partial charge in [-0.05, 0) is 59.2 Å². The Bertz CT molecular complexity index is 2560. The zero-order chi connectivity index (χ0) is 27.4. The fourth-order valence-electron chi connectivity index (χ4n) is 6.99. The van der Waals surface area contributed by atoms with Gasteiger partial charge in [0, 0.05) is 55.8 Å². The van der Waals surface area contributed by atoms with Gasteiger partial charge in [0.2, 0.25) is 0 Å². The second-order valence-corrected chi connectivity index (χ2v) is 11.0. The van der Waals surface area contributed by atoms with Gasteiger partial charge in [0.25, 0.3) is 0 Å². The van der Waals surface area contributed by atoms with Gasteiger partial charge < -0.3 is 4.42 Å². The van der Waals surface area contributed by atoms with Crippen molar-refractivity contribution < 1.29 is 4.42 Å². The molecule has 0 fully saturated rings. The quantitative estimate of drug-likeness (QED) is 0.221. The van der Waals surface area contributed by atoms with Crippen molar-refractivity contribution in [3.05, 3.63) is 128 Å². The normalized spacial score (nSPS) is 12.3. The van der Waals surface area contributed by atoms with E-state index in [-0.39, 0.29) is 0 Å². The zero-order valence-electron chi connectivity index (χ0n) is 22.4. The van der Waals surface area contributed by atoms with Crippen molar-refractivity contribution in [3.8, 4) is 39.3 Å². The Morgan fingerprint density at radius 3 is 2.19 bits per heavy atom. The van der Waals surface area contributed by atoms with E-state index in [0.29, 0.717) is 0 Å². The Labute approximate surface area is 240 Å². The molecule has 1 aliphatic rings. The van der Waals surface area contributed by atoms with Crippen molar-refractivity contribution in [3.63, 3.8) is 0 Å². The maximum atomic E-state index is 6.09. The summed E-state index contributed by atoms with van der Waals surface area (Å²) >= 11 is 0. The molecule has 1 aliphatic carbocycles. The lowest BCUT2D eigenvalue weighted by Gasteiger charge is -2.12. The summed E-state index contributed by atoms with van der Waals surface area (Å²) in [6.07, 6.45) is 3.86. The number of nitrogens with zero attached hydrogens (tertiary/aromatic N) is 3. The van der Waals surface area contributed by atoms with Gasteiger partial charge in [-0.15, -0.1) is 0 Å². The van der Waals surface area contributed by atoms with Crippen LogP contribution in [0, 0.1) is 0 Å². The second kappa shape index (κ2) is 7.93. The molecule has 0 bridgehead atoms. The van der Waals surface area contributed by atoms with E-state index in [2.05, 4.69) is 102 Å². The average Bonchev–Trinajstić information content (AvgIpc) is 3.70. The summed E-state index contributed by atoms with van der Waals surface area (Å²) in [6, 6.07) is 40.8.